The molecule has 0 aromatic heterocycles. The molecule has 0 saturated carbocycles. The molecule has 3 rings (SSSR count). The summed E-state index contributed by atoms with van der Waals surface area (Å²) in [5, 5.41) is 6.24. The summed E-state index contributed by atoms with van der Waals surface area (Å²) in [5.41, 5.74) is 1.22. The number of hydrogen-bond acceptors (Lipinski definition) is 4. The lowest BCUT2D eigenvalue weighted by molar-refractivity contribution is -0.123. The Morgan fingerprint density at radius 3 is 2.44 bits per heavy atom. The Labute approximate surface area is 166 Å². The lowest BCUT2D eigenvalue weighted by atomic mass is 9.97. The first-order chi connectivity index (χ1) is 12.5. The second kappa shape index (κ2) is 9.85. The molecule has 1 aromatic rings. The Morgan fingerprint density at radius 1 is 1.11 bits per heavy atom. The van der Waals surface area contributed by atoms with Crippen LogP contribution in [0, 0.1) is 5.92 Å². The van der Waals surface area contributed by atoms with Crippen LogP contribution in [-0.2, 0) is 4.79 Å². The van der Waals surface area contributed by atoms with E-state index in [4.69, 9.17) is 0 Å². The fraction of sp³-hybridized carbons (Fsp3) is 0.550. The highest BCUT2D eigenvalue weighted by molar-refractivity contribution is 5.97. The van der Waals surface area contributed by atoms with Crippen molar-refractivity contribution in [3.8, 4) is 0 Å². The molecule has 2 heterocycles. The van der Waals surface area contributed by atoms with Gasteiger partial charge in [-0.2, -0.15) is 0 Å². The smallest absolute Gasteiger partial charge is 0.253 e. The molecule has 1 aromatic carbocycles. The minimum Gasteiger partial charge on any atom is -0.354 e. The van der Waals surface area contributed by atoms with Gasteiger partial charge in [-0.3, -0.25) is 14.4 Å². The molecule has 2 fully saturated rings. The van der Waals surface area contributed by atoms with Crippen molar-refractivity contribution in [2.75, 3.05) is 26.2 Å². The predicted octanol–water partition coefficient (Wildman–Crippen LogP) is 2.03. The fourth-order valence-electron chi connectivity index (χ4n) is 3.72. The SMILES string of the molecule is CC(=O)c1ccc(C(=O)N2CCCC(CNC(=O)C3CCCN3)C2)cc1.Cl. The molecule has 2 atom stereocenters. The molecule has 6 nitrogen and oxygen atoms in total. The number of ketones is 1. The van der Waals surface area contributed by atoms with Gasteiger partial charge < -0.3 is 15.5 Å². The monoisotopic (exact) mass is 393 g/mol. The van der Waals surface area contributed by atoms with Crippen molar-refractivity contribution in [3.05, 3.63) is 35.4 Å². The third kappa shape index (κ3) is 5.53. The second-order valence-electron chi connectivity index (χ2n) is 7.29. The third-order valence-electron chi connectivity index (χ3n) is 5.29. The molecule has 2 saturated heterocycles. The minimum atomic E-state index is -0.0592. The summed E-state index contributed by atoms with van der Waals surface area (Å²) in [6, 6.07) is 6.78. The summed E-state index contributed by atoms with van der Waals surface area (Å²) in [7, 11) is 0. The van der Waals surface area contributed by atoms with Crippen molar-refractivity contribution in [2.45, 2.75) is 38.6 Å². The van der Waals surface area contributed by atoms with Crippen LogP contribution in [-0.4, -0.2) is 54.7 Å². The Bertz CT molecular complexity index is 672. The van der Waals surface area contributed by atoms with E-state index in [9.17, 15) is 14.4 Å². The summed E-state index contributed by atoms with van der Waals surface area (Å²) < 4.78 is 0. The Kier molecular flexibility index (Phi) is 7.80. The number of nitrogens with one attached hydrogen (secondary N) is 2. The highest BCUT2D eigenvalue weighted by Gasteiger charge is 2.26. The summed E-state index contributed by atoms with van der Waals surface area (Å²) >= 11 is 0. The van der Waals surface area contributed by atoms with Crippen molar-refractivity contribution >= 4 is 30.0 Å². The number of likely N-dealkylation sites (tertiary alicyclic amines) is 1. The van der Waals surface area contributed by atoms with Crippen LogP contribution in [0.25, 0.3) is 0 Å². The Balaban J connectivity index is 0.00000261. The van der Waals surface area contributed by atoms with Crippen LogP contribution in [0.15, 0.2) is 24.3 Å². The number of hydrogen-bond donors (Lipinski definition) is 2. The second-order valence-corrected chi connectivity index (χ2v) is 7.29. The minimum absolute atomic E-state index is 0. The van der Waals surface area contributed by atoms with Crippen molar-refractivity contribution in [3.63, 3.8) is 0 Å². The predicted molar refractivity (Wildman–Crippen MR) is 106 cm³/mol. The maximum absolute atomic E-state index is 12.7. The van der Waals surface area contributed by atoms with Gasteiger partial charge in [0, 0.05) is 30.8 Å². The summed E-state index contributed by atoms with van der Waals surface area (Å²) in [6.07, 6.45) is 3.91. The standard InChI is InChI=1S/C20H27N3O3.ClH/c1-14(24)16-6-8-17(9-7-16)20(26)23-11-3-4-15(13-23)12-22-19(25)18-5-2-10-21-18;/h6-9,15,18,21H,2-5,10-13H2,1H3,(H,22,25);1H. The average Bonchev–Trinajstić information content (AvgIpc) is 3.21. The quantitative estimate of drug-likeness (QED) is 0.750. The first kappa shape index (κ1) is 21.4. The number of rotatable bonds is 5. The molecule has 2 amide bonds. The van der Waals surface area contributed by atoms with E-state index in [1.54, 1.807) is 24.3 Å². The zero-order chi connectivity index (χ0) is 18.5. The highest BCUT2D eigenvalue weighted by atomic mass is 35.5. The van der Waals surface area contributed by atoms with Crippen LogP contribution in [0.3, 0.4) is 0 Å². The van der Waals surface area contributed by atoms with E-state index in [-0.39, 0.29) is 42.0 Å². The maximum Gasteiger partial charge on any atom is 0.253 e. The molecule has 2 unspecified atom stereocenters. The Hall–Kier alpha value is -1.92. The van der Waals surface area contributed by atoms with E-state index < -0.39 is 0 Å². The topological polar surface area (TPSA) is 78.5 Å². The number of Topliss-reactive ketones (excluding diaryl/α,β-unsaturated/α-hetero) is 1. The van der Waals surface area contributed by atoms with E-state index in [1.807, 2.05) is 4.90 Å². The molecular weight excluding hydrogens is 366 g/mol. The molecule has 0 spiro atoms. The van der Waals surface area contributed by atoms with Crippen molar-refractivity contribution in [1.29, 1.82) is 0 Å². The van der Waals surface area contributed by atoms with Crippen LogP contribution in [0.1, 0.15) is 53.3 Å². The van der Waals surface area contributed by atoms with Gasteiger partial charge in [-0.25, -0.2) is 0 Å². The van der Waals surface area contributed by atoms with Gasteiger partial charge in [-0.15, -0.1) is 12.4 Å². The summed E-state index contributed by atoms with van der Waals surface area (Å²) in [6.45, 7) is 4.44. The largest absolute Gasteiger partial charge is 0.354 e. The van der Waals surface area contributed by atoms with Gasteiger partial charge in [0.2, 0.25) is 5.91 Å². The van der Waals surface area contributed by atoms with Crippen LogP contribution in [0.2, 0.25) is 0 Å². The summed E-state index contributed by atoms with van der Waals surface area (Å²) in [4.78, 5) is 38.1. The third-order valence-corrected chi connectivity index (χ3v) is 5.29. The first-order valence-corrected chi connectivity index (χ1v) is 9.46. The van der Waals surface area contributed by atoms with Gasteiger partial charge in [-0.05, 0) is 57.2 Å². The molecule has 148 valence electrons. The van der Waals surface area contributed by atoms with E-state index in [1.165, 1.54) is 6.92 Å². The van der Waals surface area contributed by atoms with Crippen molar-refractivity contribution in [1.82, 2.24) is 15.5 Å². The van der Waals surface area contributed by atoms with E-state index in [0.29, 0.717) is 24.2 Å². The van der Waals surface area contributed by atoms with E-state index in [2.05, 4.69) is 10.6 Å². The lowest BCUT2D eigenvalue weighted by Crippen LogP contribution is -2.46. The van der Waals surface area contributed by atoms with E-state index in [0.717, 1.165) is 38.8 Å². The molecule has 0 aliphatic carbocycles. The molecule has 2 aliphatic heterocycles. The molecule has 0 bridgehead atoms. The summed E-state index contributed by atoms with van der Waals surface area (Å²) in [5.74, 6) is 0.350. The Morgan fingerprint density at radius 2 is 1.81 bits per heavy atom. The molecule has 2 aliphatic rings. The van der Waals surface area contributed by atoms with Gasteiger partial charge in [0.05, 0.1) is 6.04 Å². The maximum atomic E-state index is 12.7. The zero-order valence-corrected chi connectivity index (χ0v) is 16.5. The lowest BCUT2D eigenvalue weighted by Gasteiger charge is -2.33. The molecule has 27 heavy (non-hydrogen) atoms. The van der Waals surface area contributed by atoms with Gasteiger partial charge in [0.15, 0.2) is 5.78 Å². The van der Waals surface area contributed by atoms with Gasteiger partial charge in [-0.1, -0.05) is 12.1 Å². The van der Waals surface area contributed by atoms with Crippen LogP contribution in [0.4, 0.5) is 0 Å². The van der Waals surface area contributed by atoms with Crippen LogP contribution < -0.4 is 10.6 Å². The number of carbonyl (C=O) groups is 3. The van der Waals surface area contributed by atoms with Crippen LogP contribution >= 0.6 is 12.4 Å². The van der Waals surface area contributed by atoms with Gasteiger partial charge in [0.1, 0.15) is 0 Å². The zero-order valence-electron chi connectivity index (χ0n) is 15.7. The number of halogens is 1. The van der Waals surface area contributed by atoms with E-state index >= 15 is 0 Å². The van der Waals surface area contributed by atoms with Gasteiger partial charge in [0.25, 0.3) is 5.91 Å². The van der Waals surface area contributed by atoms with Crippen LogP contribution in [0.5, 0.6) is 0 Å². The molecular formula is C20H28ClN3O3. The first-order valence-electron chi connectivity index (χ1n) is 9.46. The van der Waals surface area contributed by atoms with Crippen molar-refractivity contribution in [2.24, 2.45) is 5.92 Å². The average molecular weight is 394 g/mol. The molecule has 7 heteroatoms. The number of carbonyl (C=O) groups excluding carboxylic acids is 3. The van der Waals surface area contributed by atoms with Crippen molar-refractivity contribution < 1.29 is 14.4 Å². The number of nitrogens with zero attached hydrogens (tertiary/aromatic N) is 1. The highest BCUT2D eigenvalue weighted by Crippen LogP contribution is 2.19. The molecule has 2 N–H and O–H groups in total. The number of amides is 2. The molecule has 0 radical (unpaired) electrons. The number of piperidine rings is 1. The van der Waals surface area contributed by atoms with Gasteiger partial charge >= 0.3 is 0 Å². The number of benzene rings is 1. The normalized spacial score (nSPS) is 22.0. The fourth-order valence-corrected chi connectivity index (χ4v) is 3.72.